The van der Waals surface area contributed by atoms with E-state index in [4.69, 9.17) is 27.9 Å². The fraction of sp³-hybridized carbons (Fsp3) is 0.118. The SMILES string of the molecule is O=C(CN1C(=O)c2cc(Cl)c(Cl)cc2C1=O)OCc1ccc([N+](=O)[O-])cc1. The quantitative estimate of drug-likeness (QED) is 0.325. The summed E-state index contributed by atoms with van der Waals surface area (Å²) in [5, 5.41) is 10.9. The summed E-state index contributed by atoms with van der Waals surface area (Å²) in [6.45, 7) is -0.730. The number of halogens is 2. The number of nitro benzene ring substituents is 1. The van der Waals surface area contributed by atoms with Crippen molar-refractivity contribution in [1.82, 2.24) is 4.90 Å². The van der Waals surface area contributed by atoms with Crippen molar-refractivity contribution in [3.05, 3.63) is 73.2 Å². The number of imide groups is 1. The average molecular weight is 409 g/mol. The van der Waals surface area contributed by atoms with Crippen molar-refractivity contribution in [3.63, 3.8) is 0 Å². The lowest BCUT2D eigenvalue weighted by atomic mass is 10.1. The van der Waals surface area contributed by atoms with Gasteiger partial charge in [-0.25, -0.2) is 0 Å². The van der Waals surface area contributed by atoms with Crippen LogP contribution in [0.1, 0.15) is 26.3 Å². The molecule has 1 aliphatic rings. The number of hydrogen-bond acceptors (Lipinski definition) is 6. The van der Waals surface area contributed by atoms with Gasteiger partial charge in [-0.2, -0.15) is 0 Å². The molecule has 0 unspecified atom stereocenters. The van der Waals surface area contributed by atoms with Crippen molar-refractivity contribution in [2.24, 2.45) is 0 Å². The Kier molecular flexibility index (Phi) is 5.11. The lowest BCUT2D eigenvalue weighted by Gasteiger charge is -2.13. The molecular weight excluding hydrogens is 399 g/mol. The van der Waals surface area contributed by atoms with Gasteiger partial charge in [-0.05, 0) is 29.8 Å². The van der Waals surface area contributed by atoms with E-state index in [1.165, 1.54) is 36.4 Å². The zero-order valence-corrected chi connectivity index (χ0v) is 15.0. The summed E-state index contributed by atoms with van der Waals surface area (Å²) >= 11 is 11.7. The number of fused-ring (bicyclic) bond motifs is 1. The van der Waals surface area contributed by atoms with Gasteiger partial charge in [0, 0.05) is 12.1 Å². The zero-order chi connectivity index (χ0) is 19.7. The number of carbonyl (C=O) groups is 3. The maximum Gasteiger partial charge on any atom is 0.326 e. The third-order valence-electron chi connectivity index (χ3n) is 3.85. The topological polar surface area (TPSA) is 107 Å². The van der Waals surface area contributed by atoms with Gasteiger partial charge in [0.2, 0.25) is 0 Å². The fourth-order valence-corrected chi connectivity index (χ4v) is 2.81. The van der Waals surface area contributed by atoms with Crippen molar-refractivity contribution < 1.29 is 24.0 Å². The van der Waals surface area contributed by atoms with E-state index in [9.17, 15) is 24.5 Å². The van der Waals surface area contributed by atoms with E-state index < -0.39 is 29.3 Å². The first-order chi connectivity index (χ1) is 12.8. The number of carbonyl (C=O) groups excluding carboxylic acids is 3. The van der Waals surface area contributed by atoms with Crippen LogP contribution in [0, 0.1) is 10.1 Å². The Hall–Kier alpha value is -2.97. The molecule has 0 saturated carbocycles. The minimum atomic E-state index is -0.806. The van der Waals surface area contributed by atoms with E-state index in [0.29, 0.717) is 5.56 Å². The number of rotatable bonds is 5. The van der Waals surface area contributed by atoms with E-state index in [0.717, 1.165) is 4.90 Å². The third kappa shape index (κ3) is 3.76. The third-order valence-corrected chi connectivity index (χ3v) is 4.57. The van der Waals surface area contributed by atoms with Gasteiger partial charge < -0.3 is 4.74 Å². The molecule has 0 bridgehead atoms. The molecule has 2 amide bonds. The smallest absolute Gasteiger partial charge is 0.326 e. The molecule has 1 aliphatic heterocycles. The first-order valence-electron chi connectivity index (χ1n) is 7.52. The van der Waals surface area contributed by atoms with Crippen LogP contribution < -0.4 is 0 Å². The van der Waals surface area contributed by atoms with Crippen molar-refractivity contribution in [2.45, 2.75) is 6.61 Å². The molecule has 0 aromatic heterocycles. The molecule has 0 saturated heterocycles. The number of non-ortho nitro benzene ring substituents is 1. The number of nitro groups is 1. The zero-order valence-electron chi connectivity index (χ0n) is 13.5. The number of ether oxygens (including phenoxy) is 1. The molecule has 8 nitrogen and oxygen atoms in total. The molecule has 2 aromatic carbocycles. The largest absolute Gasteiger partial charge is 0.459 e. The molecule has 0 aliphatic carbocycles. The molecule has 0 spiro atoms. The van der Waals surface area contributed by atoms with Gasteiger partial charge in [0.25, 0.3) is 17.5 Å². The number of esters is 1. The summed E-state index contributed by atoms with van der Waals surface area (Å²) in [7, 11) is 0. The van der Waals surface area contributed by atoms with Crippen molar-refractivity contribution >= 4 is 46.7 Å². The van der Waals surface area contributed by atoms with Gasteiger partial charge in [0.15, 0.2) is 0 Å². The summed E-state index contributed by atoms with van der Waals surface area (Å²) < 4.78 is 5.03. The molecule has 3 rings (SSSR count). The summed E-state index contributed by atoms with van der Waals surface area (Å²) in [6, 6.07) is 8.00. The molecule has 0 atom stereocenters. The first kappa shape index (κ1) is 18.8. The van der Waals surface area contributed by atoms with Crippen LogP contribution in [0.2, 0.25) is 10.0 Å². The van der Waals surface area contributed by atoms with Gasteiger partial charge in [0.05, 0.1) is 26.1 Å². The molecule has 138 valence electrons. The molecule has 0 radical (unpaired) electrons. The van der Waals surface area contributed by atoms with Gasteiger partial charge in [-0.3, -0.25) is 29.4 Å². The standard InChI is InChI=1S/C17H10Cl2N2O6/c18-13-5-11-12(6-14(13)19)17(24)20(16(11)23)7-15(22)27-8-9-1-3-10(4-2-9)21(25)26/h1-6H,7-8H2. The Balaban J connectivity index is 1.64. The summed E-state index contributed by atoms with van der Waals surface area (Å²) in [6.07, 6.45) is 0. The Morgan fingerprint density at radius 1 is 1.04 bits per heavy atom. The number of amides is 2. The Labute approximate surface area is 162 Å². The number of benzene rings is 2. The summed E-state index contributed by atoms with van der Waals surface area (Å²) in [5.41, 5.74) is 0.568. The second-order valence-corrected chi connectivity index (χ2v) is 6.41. The number of nitrogens with zero attached hydrogens (tertiary/aromatic N) is 2. The normalized spacial score (nSPS) is 12.9. The molecule has 27 heavy (non-hydrogen) atoms. The van der Waals surface area contributed by atoms with Crippen LogP contribution in [-0.2, 0) is 16.1 Å². The molecule has 1 heterocycles. The first-order valence-corrected chi connectivity index (χ1v) is 8.27. The van der Waals surface area contributed by atoms with Crippen LogP contribution in [0.25, 0.3) is 0 Å². The minimum Gasteiger partial charge on any atom is -0.459 e. The average Bonchev–Trinajstić information content (AvgIpc) is 2.85. The van der Waals surface area contributed by atoms with Crippen molar-refractivity contribution in [3.8, 4) is 0 Å². The monoisotopic (exact) mass is 408 g/mol. The Bertz CT molecular complexity index is 933. The van der Waals surface area contributed by atoms with Crippen molar-refractivity contribution in [1.29, 1.82) is 0 Å². The summed E-state index contributed by atoms with van der Waals surface area (Å²) in [4.78, 5) is 47.4. The molecule has 0 N–H and O–H groups in total. The van der Waals surface area contributed by atoms with E-state index in [2.05, 4.69) is 0 Å². The van der Waals surface area contributed by atoms with Gasteiger partial charge in [0.1, 0.15) is 13.2 Å². The van der Waals surface area contributed by atoms with E-state index in [1.54, 1.807) is 0 Å². The highest BCUT2D eigenvalue weighted by molar-refractivity contribution is 6.43. The maximum absolute atomic E-state index is 12.3. The number of hydrogen-bond donors (Lipinski definition) is 0. The van der Waals surface area contributed by atoms with Crippen LogP contribution in [0.5, 0.6) is 0 Å². The van der Waals surface area contributed by atoms with Crippen molar-refractivity contribution in [2.75, 3.05) is 6.54 Å². The Morgan fingerprint density at radius 2 is 1.56 bits per heavy atom. The summed E-state index contributed by atoms with van der Waals surface area (Å²) in [5.74, 6) is -2.14. The second-order valence-electron chi connectivity index (χ2n) is 5.59. The van der Waals surface area contributed by atoms with E-state index in [1.807, 2.05) is 0 Å². The van der Waals surface area contributed by atoms with Crippen LogP contribution in [0.15, 0.2) is 36.4 Å². The Morgan fingerprint density at radius 3 is 2.04 bits per heavy atom. The highest BCUT2D eigenvalue weighted by Crippen LogP contribution is 2.31. The van der Waals surface area contributed by atoms with E-state index >= 15 is 0 Å². The molecule has 2 aromatic rings. The highest BCUT2D eigenvalue weighted by Gasteiger charge is 2.37. The molecule has 0 fully saturated rings. The van der Waals surface area contributed by atoms with Crippen LogP contribution in [0.3, 0.4) is 0 Å². The van der Waals surface area contributed by atoms with Crippen LogP contribution in [-0.4, -0.2) is 34.2 Å². The maximum atomic E-state index is 12.3. The molecular formula is C17H10Cl2N2O6. The molecule has 10 heteroatoms. The van der Waals surface area contributed by atoms with Crippen LogP contribution >= 0.6 is 23.2 Å². The second kappa shape index (κ2) is 7.34. The minimum absolute atomic E-state index is 0.0672. The lowest BCUT2D eigenvalue weighted by molar-refractivity contribution is -0.384. The lowest BCUT2D eigenvalue weighted by Crippen LogP contribution is -2.35. The van der Waals surface area contributed by atoms with Gasteiger partial charge in [-0.1, -0.05) is 23.2 Å². The predicted octanol–water partition coefficient (Wildman–Crippen LogP) is 3.24. The van der Waals surface area contributed by atoms with E-state index in [-0.39, 0.29) is 33.5 Å². The van der Waals surface area contributed by atoms with Gasteiger partial charge >= 0.3 is 5.97 Å². The van der Waals surface area contributed by atoms with Crippen LogP contribution in [0.4, 0.5) is 5.69 Å². The predicted molar refractivity (Wildman–Crippen MR) is 94.7 cm³/mol. The fourth-order valence-electron chi connectivity index (χ4n) is 2.48. The highest BCUT2D eigenvalue weighted by atomic mass is 35.5. The van der Waals surface area contributed by atoms with Gasteiger partial charge in [-0.15, -0.1) is 0 Å².